The smallest absolute Gasteiger partial charge is 0.309 e. The molecule has 1 spiro atoms. The minimum Gasteiger partial charge on any atom is -0.457 e. The van der Waals surface area contributed by atoms with Crippen molar-refractivity contribution in [2.24, 2.45) is 46.8 Å². The molecule has 3 heterocycles. The first-order valence-corrected chi connectivity index (χ1v) is 17.3. The first-order valence-electron chi connectivity index (χ1n) is 17.3. The number of carbonyl (C=O) groups excluding carboxylic acids is 2. The quantitative estimate of drug-likeness (QED) is 0.283. The molecule has 4 saturated carbocycles. The van der Waals surface area contributed by atoms with Crippen LogP contribution in [0.2, 0.25) is 0 Å². The topological polar surface area (TPSA) is 166 Å². The van der Waals surface area contributed by atoms with E-state index in [0.717, 1.165) is 19.4 Å². The third-order valence-electron chi connectivity index (χ3n) is 14.3. The zero-order valence-electron chi connectivity index (χ0n) is 27.5. The summed E-state index contributed by atoms with van der Waals surface area (Å²) in [4.78, 5) is 27.8. The Kier molecular flexibility index (Phi) is 7.22. The summed E-state index contributed by atoms with van der Waals surface area (Å²) in [5.74, 6) is -6.32. The Morgan fingerprint density at radius 2 is 1.78 bits per heavy atom. The molecule has 7 fully saturated rings. The molecule has 0 unspecified atom stereocenters. The molecule has 45 heavy (non-hydrogen) atoms. The minimum atomic E-state index is -1.91. The summed E-state index contributed by atoms with van der Waals surface area (Å²) in [6.45, 7) is 12.2. The fraction of sp³-hybridized carbons (Fsp3) is 0.941. The fourth-order valence-electron chi connectivity index (χ4n) is 12.3. The number of nitrogens with zero attached hydrogens (tertiary/aromatic N) is 1. The van der Waals surface area contributed by atoms with E-state index < -0.39 is 99.9 Å². The van der Waals surface area contributed by atoms with Crippen LogP contribution in [0.25, 0.3) is 0 Å². The Hall–Kier alpha value is -1.34. The molecule has 0 aromatic heterocycles. The zero-order valence-corrected chi connectivity index (χ0v) is 27.5. The van der Waals surface area contributed by atoms with Crippen LogP contribution in [0, 0.1) is 46.8 Å². The number of aliphatic hydroxyl groups excluding tert-OH is 2. The van der Waals surface area contributed by atoms with Gasteiger partial charge < -0.3 is 39.7 Å². The van der Waals surface area contributed by atoms with Gasteiger partial charge in [-0.05, 0) is 69.6 Å². The van der Waals surface area contributed by atoms with Gasteiger partial charge in [0.25, 0.3) is 0 Å². The first kappa shape index (κ1) is 32.2. The second-order valence-electron chi connectivity index (χ2n) is 16.6. The van der Waals surface area contributed by atoms with E-state index in [1.165, 1.54) is 6.92 Å². The van der Waals surface area contributed by atoms with Gasteiger partial charge in [-0.3, -0.25) is 14.5 Å². The van der Waals surface area contributed by atoms with Crippen LogP contribution in [-0.2, 0) is 23.8 Å². The highest BCUT2D eigenvalue weighted by atomic mass is 16.7. The first-order chi connectivity index (χ1) is 21.0. The van der Waals surface area contributed by atoms with Gasteiger partial charge in [0.1, 0.15) is 5.60 Å². The molecule has 4 bridgehead atoms. The van der Waals surface area contributed by atoms with Crippen molar-refractivity contribution in [3.8, 4) is 0 Å². The standard InChI is InChI=1S/C34H53NO10/c1-7-17(3)29(39)44-28-26(38)25-19(15-35-14-16(2)8-9-23(35)31(25,6)40)20-13-32-27(33(20,28)41)21(37)12-22-30(32,5)11-10-24(43-18(4)36)34(22,42)45-32/h16-17,19-28,37-38,40-42H,7-15H2,1-6H3/t16-,17+,19-,20-,21+,22-,23-,24-,25+,26+,27+,28-,30-,31+,32+,33-,34-/m0/s1. The molecule has 0 amide bonds. The molecule has 3 saturated heterocycles. The average Bonchev–Trinajstić information content (AvgIpc) is 3.24. The largest absolute Gasteiger partial charge is 0.457 e. The van der Waals surface area contributed by atoms with Crippen LogP contribution >= 0.6 is 0 Å². The van der Waals surface area contributed by atoms with Gasteiger partial charge >= 0.3 is 11.9 Å². The van der Waals surface area contributed by atoms with Crippen LogP contribution in [0.3, 0.4) is 0 Å². The maximum atomic E-state index is 13.4. The van der Waals surface area contributed by atoms with Crippen LogP contribution in [0.1, 0.15) is 86.5 Å². The molecule has 4 aliphatic carbocycles. The van der Waals surface area contributed by atoms with Crippen LogP contribution < -0.4 is 0 Å². The summed E-state index contributed by atoms with van der Waals surface area (Å²) in [7, 11) is 0. The Labute approximate surface area is 265 Å². The summed E-state index contributed by atoms with van der Waals surface area (Å²) >= 11 is 0. The molecule has 5 N–H and O–H groups in total. The molecule has 254 valence electrons. The minimum absolute atomic E-state index is 0.0891. The number of hydrogen-bond donors (Lipinski definition) is 5. The van der Waals surface area contributed by atoms with Crippen molar-refractivity contribution in [1.82, 2.24) is 4.90 Å². The molecule has 0 aromatic carbocycles. The van der Waals surface area contributed by atoms with Crippen molar-refractivity contribution in [2.75, 3.05) is 13.1 Å². The highest BCUT2D eigenvalue weighted by Crippen LogP contribution is 2.77. The molecular weight excluding hydrogens is 582 g/mol. The van der Waals surface area contributed by atoms with Gasteiger partial charge in [-0.2, -0.15) is 0 Å². The Balaban J connectivity index is 1.38. The number of aliphatic hydroxyl groups is 5. The normalized spacial score (nSPS) is 57.2. The van der Waals surface area contributed by atoms with Crippen molar-refractivity contribution in [1.29, 1.82) is 0 Å². The van der Waals surface area contributed by atoms with Crippen molar-refractivity contribution >= 4 is 11.9 Å². The number of fused-ring (bicyclic) bond motifs is 5. The van der Waals surface area contributed by atoms with Crippen LogP contribution in [0.4, 0.5) is 0 Å². The highest BCUT2D eigenvalue weighted by Gasteiger charge is 2.87. The number of piperidine rings is 2. The van der Waals surface area contributed by atoms with E-state index in [4.69, 9.17) is 14.2 Å². The van der Waals surface area contributed by atoms with E-state index in [1.807, 2.05) is 13.8 Å². The fourth-order valence-corrected chi connectivity index (χ4v) is 12.3. The maximum Gasteiger partial charge on any atom is 0.309 e. The highest BCUT2D eigenvalue weighted by molar-refractivity contribution is 5.72. The lowest BCUT2D eigenvalue weighted by atomic mass is 9.49. The lowest BCUT2D eigenvalue weighted by Crippen LogP contribution is -2.77. The van der Waals surface area contributed by atoms with E-state index >= 15 is 0 Å². The van der Waals surface area contributed by atoms with E-state index in [-0.39, 0.29) is 18.9 Å². The summed E-state index contributed by atoms with van der Waals surface area (Å²) in [6, 6.07) is -0.191. The van der Waals surface area contributed by atoms with Gasteiger partial charge in [0, 0.05) is 49.2 Å². The molecule has 3 aliphatic heterocycles. The summed E-state index contributed by atoms with van der Waals surface area (Å²) in [5, 5.41) is 62.1. The predicted octanol–water partition coefficient (Wildman–Crippen LogP) is 1.35. The number of ether oxygens (including phenoxy) is 3. The summed E-state index contributed by atoms with van der Waals surface area (Å²) < 4.78 is 18.6. The third-order valence-corrected chi connectivity index (χ3v) is 14.3. The van der Waals surface area contributed by atoms with Gasteiger partial charge in [-0.25, -0.2) is 0 Å². The Morgan fingerprint density at radius 1 is 1.07 bits per heavy atom. The Morgan fingerprint density at radius 3 is 2.44 bits per heavy atom. The lowest BCUT2D eigenvalue weighted by Gasteiger charge is -2.64. The number of carbonyl (C=O) groups is 2. The summed E-state index contributed by atoms with van der Waals surface area (Å²) in [5.41, 5.74) is -5.22. The molecule has 0 aromatic rings. The number of hydrogen-bond acceptors (Lipinski definition) is 11. The summed E-state index contributed by atoms with van der Waals surface area (Å²) in [6.07, 6.45) is -1.45. The third kappa shape index (κ3) is 3.95. The van der Waals surface area contributed by atoms with Gasteiger partial charge in [0.05, 0.1) is 29.3 Å². The van der Waals surface area contributed by atoms with Crippen molar-refractivity contribution in [3.63, 3.8) is 0 Å². The van der Waals surface area contributed by atoms with Crippen LogP contribution in [0.15, 0.2) is 0 Å². The maximum absolute atomic E-state index is 13.4. The Bertz CT molecular complexity index is 1250. The van der Waals surface area contributed by atoms with Crippen LogP contribution in [0.5, 0.6) is 0 Å². The molecule has 7 rings (SSSR count). The van der Waals surface area contributed by atoms with Gasteiger partial charge in [0.15, 0.2) is 12.2 Å². The van der Waals surface area contributed by atoms with E-state index in [2.05, 4.69) is 11.8 Å². The van der Waals surface area contributed by atoms with Gasteiger partial charge in [-0.1, -0.05) is 27.7 Å². The van der Waals surface area contributed by atoms with Crippen molar-refractivity contribution < 1.29 is 49.3 Å². The average molecular weight is 636 g/mol. The molecule has 11 heteroatoms. The van der Waals surface area contributed by atoms with Crippen molar-refractivity contribution in [2.45, 2.75) is 140 Å². The number of esters is 2. The molecular formula is C34H53NO10. The zero-order chi connectivity index (χ0) is 32.6. The predicted molar refractivity (Wildman–Crippen MR) is 159 cm³/mol. The van der Waals surface area contributed by atoms with Gasteiger partial charge in [-0.15, -0.1) is 0 Å². The van der Waals surface area contributed by atoms with Gasteiger partial charge in [0.2, 0.25) is 5.79 Å². The lowest BCUT2D eigenvalue weighted by molar-refractivity contribution is -0.299. The van der Waals surface area contributed by atoms with E-state index in [0.29, 0.717) is 31.7 Å². The molecule has 0 radical (unpaired) electrons. The molecule has 17 atom stereocenters. The number of rotatable bonds is 4. The monoisotopic (exact) mass is 635 g/mol. The van der Waals surface area contributed by atoms with E-state index in [9.17, 15) is 35.1 Å². The van der Waals surface area contributed by atoms with E-state index in [1.54, 1.807) is 13.8 Å². The second kappa shape index (κ2) is 10.1. The second-order valence-corrected chi connectivity index (χ2v) is 16.6. The SMILES string of the molecule is CC[C@@H](C)C(=O)O[C@H]1[C@H](O)[C@H]2[C@@H](CN3C[C@@H](C)CC[C@H]3[C@@]2(C)O)[C@@H]2C[C@]34O[C@]5(O)[C@@H](OC(C)=O)CC[C@@]3(C)[C@@H]5C[C@@H](O)[C@H]4[C@@]21O. The van der Waals surface area contributed by atoms with Crippen LogP contribution in [-0.4, -0.2) is 109 Å². The molecule has 11 nitrogen and oxygen atoms in total. The van der Waals surface area contributed by atoms with Crippen molar-refractivity contribution in [3.05, 3.63) is 0 Å². The molecule has 7 aliphatic rings.